The summed E-state index contributed by atoms with van der Waals surface area (Å²) in [6, 6.07) is 0. The van der Waals surface area contributed by atoms with Crippen molar-refractivity contribution < 1.29 is 19.1 Å². The van der Waals surface area contributed by atoms with E-state index in [2.05, 4.69) is 20.6 Å². The summed E-state index contributed by atoms with van der Waals surface area (Å²) < 4.78 is 10.3. The molecule has 0 bridgehead atoms. The number of alkyl carbamates (subject to hydrolysis) is 2. The Hall–Kier alpha value is -2.38. The Morgan fingerprint density at radius 2 is 1.17 bits per heavy atom. The third kappa shape index (κ3) is 8.92. The normalized spacial score (nSPS) is 11.6. The maximum atomic E-state index is 11.5. The van der Waals surface area contributed by atoms with Gasteiger partial charge in [0, 0.05) is 0 Å². The molecule has 2 N–H and O–H groups in total. The zero-order chi connectivity index (χ0) is 18.4. The minimum absolute atomic E-state index is 0.210. The topological polar surface area (TPSA) is 102 Å². The number of rotatable bonds is 4. The molecule has 0 aliphatic rings. The molecule has 0 atom stereocenters. The summed E-state index contributed by atoms with van der Waals surface area (Å²) in [5.74, 6) is 0. The Balaban J connectivity index is 2.41. The third-order valence-corrected chi connectivity index (χ3v) is 2.38. The van der Waals surface area contributed by atoms with Crippen LogP contribution in [0.5, 0.6) is 0 Å². The summed E-state index contributed by atoms with van der Waals surface area (Å²) in [5, 5.41) is 5.20. The second kappa shape index (κ2) is 7.94. The second-order valence-electron chi connectivity index (χ2n) is 7.21. The number of amides is 2. The van der Waals surface area contributed by atoms with E-state index in [9.17, 15) is 9.59 Å². The first-order valence-corrected chi connectivity index (χ1v) is 7.68. The monoisotopic (exact) mass is 338 g/mol. The molecule has 8 heteroatoms. The zero-order valence-electron chi connectivity index (χ0n) is 15.1. The summed E-state index contributed by atoms with van der Waals surface area (Å²) in [6.07, 6.45) is 2.03. The predicted octanol–water partition coefficient (Wildman–Crippen LogP) is 2.53. The summed E-state index contributed by atoms with van der Waals surface area (Å²) in [4.78, 5) is 31.4. The summed E-state index contributed by atoms with van der Waals surface area (Å²) in [6.45, 7) is 11.2. The molecule has 0 saturated heterocycles. The van der Waals surface area contributed by atoms with Crippen LogP contribution in [0.25, 0.3) is 0 Å². The standard InChI is InChI=1S/C16H26N4O4/c1-15(2,3)23-13(21)19-9-11-7-18-12(8-17-11)10-20-14(22)24-16(4,5)6/h7-8H,9-10H2,1-6H3,(H,19,21)(H,20,22). The molecule has 0 unspecified atom stereocenters. The van der Waals surface area contributed by atoms with Crippen LogP contribution < -0.4 is 10.6 Å². The van der Waals surface area contributed by atoms with Gasteiger partial charge in [-0.2, -0.15) is 0 Å². The number of ether oxygens (including phenoxy) is 2. The molecule has 0 fully saturated rings. The van der Waals surface area contributed by atoms with Crippen LogP contribution in [0, 0.1) is 0 Å². The van der Waals surface area contributed by atoms with Crippen molar-refractivity contribution in [2.75, 3.05) is 0 Å². The van der Waals surface area contributed by atoms with E-state index in [-0.39, 0.29) is 13.1 Å². The number of hydrogen-bond donors (Lipinski definition) is 2. The minimum Gasteiger partial charge on any atom is -0.444 e. The molecule has 0 saturated carbocycles. The van der Waals surface area contributed by atoms with Crippen molar-refractivity contribution in [3.8, 4) is 0 Å². The molecule has 0 aliphatic heterocycles. The Kier molecular flexibility index (Phi) is 6.51. The fourth-order valence-corrected chi connectivity index (χ4v) is 1.52. The van der Waals surface area contributed by atoms with Crippen molar-refractivity contribution in [1.82, 2.24) is 20.6 Å². The zero-order valence-corrected chi connectivity index (χ0v) is 15.1. The smallest absolute Gasteiger partial charge is 0.407 e. The highest BCUT2D eigenvalue weighted by Crippen LogP contribution is 2.07. The Morgan fingerprint density at radius 1 is 0.833 bits per heavy atom. The van der Waals surface area contributed by atoms with E-state index in [4.69, 9.17) is 9.47 Å². The Labute approximate surface area is 142 Å². The molecular weight excluding hydrogens is 312 g/mol. The van der Waals surface area contributed by atoms with E-state index in [0.29, 0.717) is 11.4 Å². The lowest BCUT2D eigenvalue weighted by molar-refractivity contribution is 0.0510. The highest BCUT2D eigenvalue weighted by molar-refractivity contribution is 5.68. The molecule has 1 rings (SSSR count). The molecule has 8 nitrogen and oxygen atoms in total. The van der Waals surface area contributed by atoms with Crippen LogP contribution in [0.2, 0.25) is 0 Å². The highest BCUT2D eigenvalue weighted by Gasteiger charge is 2.17. The maximum Gasteiger partial charge on any atom is 0.407 e. The van der Waals surface area contributed by atoms with Crippen molar-refractivity contribution in [2.24, 2.45) is 0 Å². The van der Waals surface area contributed by atoms with Crippen LogP contribution >= 0.6 is 0 Å². The van der Waals surface area contributed by atoms with Gasteiger partial charge in [-0.25, -0.2) is 9.59 Å². The van der Waals surface area contributed by atoms with Crippen molar-refractivity contribution in [1.29, 1.82) is 0 Å². The molecule has 0 spiro atoms. The first-order valence-electron chi connectivity index (χ1n) is 7.68. The lowest BCUT2D eigenvalue weighted by atomic mass is 10.2. The first-order chi connectivity index (χ1) is 10.9. The van der Waals surface area contributed by atoms with Crippen LogP contribution in [0.3, 0.4) is 0 Å². The van der Waals surface area contributed by atoms with Gasteiger partial charge in [-0.05, 0) is 41.5 Å². The highest BCUT2D eigenvalue weighted by atomic mass is 16.6. The molecule has 1 heterocycles. The molecule has 0 radical (unpaired) electrons. The van der Waals surface area contributed by atoms with Gasteiger partial charge in [0.25, 0.3) is 0 Å². The van der Waals surface area contributed by atoms with Crippen LogP contribution in [0.15, 0.2) is 12.4 Å². The SMILES string of the molecule is CC(C)(C)OC(=O)NCc1cnc(CNC(=O)OC(C)(C)C)cn1. The Bertz CT molecular complexity index is 508. The van der Waals surface area contributed by atoms with Gasteiger partial charge in [-0.15, -0.1) is 0 Å². The van der Waals surface area contributed by atoms with Gasteiger partial charge in [-0.1, -0.05) is 0 Å². The quantitative estimate of drug-likeness (QED) is 0.874. The summed E-state index contributed by atoms with van der Waals surface area (Å²) in [7, 11) is 0. The molecule has 134 valence electrons. The number of carbonyl (C=O) groups excluding carboxylic acids is 2. The second-order valence-corrected chi connectivity index (χ2v) is 7.21. The van der Waals surface area contributed by atoms with E-state index in [1.54, 1.807) is 41.5 Å². The van der Waals surface area contributed by atoms with E-state index in [1.807, 2.05) is 0 Å². The lowest BCUT2D eigenvalue weighted by Gasteiger charge is -2.19. The van der Waals surface area contributed by atoms with Gasteiger partial charge in [-0.3, -0.25) is 9.97 Å². The van der Waals surface area contributed by atoms with Gasteiger partial charge in [0.1, 0.15) is 11.2 Å². The number of nitrogens with one attached hydrogen (secondary N) is 2. The van der Waals surface area contributed by atoms with Crippen molar-refractivity contribution >= 4 is 12.2 Å². The van der Waals surface area contributed by atoms with Crippen LogP contribution in [-0.2, 0) is 22.6 Å². The predicted molar refractivity (Wildman–Crippen MR) is 88.2 cm³/mol. The average molecular weight is 338 g/mol. The largest absolute Gasteiger partial charge is 0.444 e. The van der Waals surface area contributed by atoms with Crippen LogP contribution in [0.1, 0.15) is 52.9 Å². The number of aromatic nitrogens is 2. The molecule has 24 heavy (non-hydrogen) atoms. The van der Waals surface area contributed by atoms with E-state index in [0.717, 1.165) is 0 Å². The number of nitrogens with zero attached hydrogens (tertiary/aromatic N) is 2. The third-order valence-electron chi connectivity index (χ3n) is 2.38. The van der Waals surface area contributed by atoms with E-state index in [1.165, 1.54) is 12.4 Å². The Morgan fingerprint density at radius 3 is 1.42 bits per heavy atom. The molecule has 0 aliphatic carbocycles. The molecule has 0 aromatic carbocycles. The average Bonchev–Trinajstić information content (AvgIpc) is 2.40. The minimum atomic E-state index is -0.549. The molecule has 2 amide bonds. The lowest BCUT2D eigenvalue weighted by Crippen LogP contribution is -2.32. The molecule has 1 aromatic rings. The van der Waals surface area contributed by atoms with Crippen LogP contribution in [0.4, 0.5) is 9.59 Å². The summed E-state index contributed by atoms with van der Waals surface area (Å²) in [5.41, 5.74) is 0.0728. The van der Waals surface area contributed by atoms with Gasteiger partial charge in [0.05, 0.1) is 36.9 Å². The van der Waals surface area contributed by atoms with E-state index < -0.39 is 23.4 Å². The summed E-state index contributed by atoms with van der Waals surface area (Å²) >= 11 is 0. The maximum absolute atomic E-state index is 11.5. The van der Waals surface area contributed by atoms with Crippen molar-refractivity contribution in [3.63, 3.8) is 0 Å². The van der Waals surface area contributed by atoms with Gasteiger partial charge < -0.3 is 20.1 Å². The van der Waals surface area contributed by atoms with Gasteiger partial charge >= 0.3 is 12.2 Å². The van der Waals surface area contributed by atoms with Crippen molar-refractivity contribution in [2.45, 2.75) is 65.8 Å². The van der Waals surface area contributed by atoms with Crippen molar-refractivity contribution in [3.05, 3.63) is 23.8 Å². The molecular formula is C16H26N4O4. The number of hydrogen-bond acceptors (Lipinski definition) is 6. The van der Waals surface area contributed by atoms with Gasteiger partial charge in [0.15, 0.2) is 0 Å². The van der Waals surface area contributed by atoms with Crippen LogP contribution in [-0.4, -0.2) is 33.4 Å². The fourth-order valence-electron chi connectivity index (χ4n) is 1.52. The van der Waals surface area contributed by atoms with E-state index >= 15 is 0 Å². The molecule has 1 aromatic heterocycles. The number of carbonyl (C=O) groups is 2. The van der Waals surface area contributed by atoms with Gasteiger partial charge in [0.2, 0.25) is 0 Å². The first kappa shape index (κ1) is 19.7. The fraction of sp³-hybridized carbons (Fsp3) is 0.625.